The molecule has 0 saturated heterocycles. The highest BCUT2D eigenvalue weighted by atomic mass is 16.2. The molecule has 2 N–H and O–H groups in total. The molecular weight excluding hydrogens is 146 g/mol. The third kappa shape index (κ3) is 1.52. The average Bonchev–Trinajstić information content (AvgIpc) is 1.85. The highest BCUT2D eigenvalue weighted by molar-refractivity contribution is 6.15. The molecule has 4 heteroatoms. The molecule has 1 aliphatic carbocycles. The van der Waals surface area contributed by atoms with Crippen LogP contribution in [0.5, 0.6) is 0 Å². The quantitative estimate of drug-likeness (QED) is 0.500. The topological polar surface area (TPSA) is 77.2 Å². The molecule has 0 spiro atoms. The number of carbonyl (C=O) groups is 3. The Bertz CT molecular complexity index is 254. The molecule has 0 aromatic heterocycles. The zero-order chi connectivity index (χ0) is 8.43. The second-order valence-corrected chi connectivity index (χ2v) is 2.35. The van der Waals surface area contributed by atoms with Crippen molar-refractivity contribution in [3.05, 3.63) is 12.2 Å². The number of allylic oxidation sites excluding steroid dienone is 1. The fraction of sp³-hybridized carbons (Fsp3) is 0.286. The molecule has 0 bridgehead atoms. The van der Waals surface area contributed by atoms with Gasteiger partial charge in [0.15, 0.2) is 11.6 Å². The summed E-state index contributed by atoms with van der Waals surface area (Å²) < 4.78 is 0. The van der Waals surface area contributed by atoms with Crippen LogP contribution in [0, 0.1) is 5.92 Å². The Kier molecular flexibility index (Phi) is 1.85. The Hall–Kier alpha value is -1.45. The summed E-state index contributed by atoms with van der Waals surface area (Å²) in [4.78, 5) is 32.0. The lowest BCUT2D eigenvalue weighted by Gasteiger charge is -2.09. The number of nitrogens with two attached hydrogens (primary N) is 1. The number of hydrogen-bond donors (Lipinski definition) is 1. The number of hydrogen-bond acceptors (Lipinski definition) is 3. The van der Waals surface area contributed by atoms with Crippen LogP contribution in [0.3, 0.4) is 0 Å². The maximum absolute atomic E-state index is 10.9. The summed E-state index contributed by atoms with van der Waals surface area (Å²) >= 11 is 0. The molecule has 11 heavy (non-hydrogen) atoms. The van der Waals surface area contributed by atoms with Crippen LogP contribution < -0.4 is 5.73 Å². The molecule has 58 valence electrons. The summed E-state index contributed by atoms with van der Waals surface area (Å²) in [5.74, 6) is -2.27. The minimum absolute atomic E-state index is 0.204. The largest absolute Gasteiger partial charge is 0.369 e. The number of carbonyl (C=O) groups excluding carboxylic acids is 3. The van der Waals surface area contributed by atoms with E-state index in [2.05, 4.69) is 0 Å². The van der Waals surface area contributed by atoms with E-state index in [0.717, 1.165) is 0 Å². The van der Waals surface area contributed by atoms with Gasteiger partial charge in [-0.3, -0.25) is 14.4 Å². The maximum atomic E-state index is 10.9. The highest BCUT2D eigenvalue weighted by Crippen LogP contribution is 2.09. The minimum atomic E-state index is -0.896. The Morgan fingerprint density at radius 3 is 2.64 bits per heavy atom. The number of ketones is 2. The molecule has 0 fully saturated rings. The Balaban J connectivity index is 2.85. The highest BCUT2D eigenvalue weighted by Gasteiger charge is 2.26. The monoisotopic (exact) mass is 153 g/mol. The van der Waals surface area contributed by atoms with Crippen molar-refractivity contribution < 1.29 is 14.4 Å². The van der Waals surface area contributed by atoms with E-state index >= 15 is 0 Å². The first-order valence-electron chi connectivity index (χ1n) is 3.14. The van der Waals surface area contributed by atoms with E-state index in [1.807, 2.05) is 0 Å². The lowest BCUT2D eigenvalue weighted by atomic mass is 9.93. The first-order valence-corrected chi connectivity index (χ1v) is 3.14. The van der Waals surface area contributed by atoms with Gasteiger partial charge in [-0.05, 0) is 6.08 Å². The Labute approximate surface area is 63.1 Å². The SMILES string of the molecule is NC(=O)C1C=CC(=O)CC1=O. The molecule has 1 aliphatic rings. The van der Waals surface area contributed by atoms with Gasteiger partial charge in [-0.15, -0.1) is 0 Å². The van der Waals surface area contributed by atoms with Gasteiger partial charge in [-0.1, -0.05) is 6.08 Å². The van der Waals surface area contributed by atoms with Crippen LogP contribution in [-0.4, -0.2) is 17.5 Å². The van der Waals surface area contributed by atoms with Gasteiger partial charge in [-0.25, -0.2) is 0 Å². The van der Waals surface area contributed by atoms with Gasteiger partial charge in [0.05, 0.1) is 6.42 Å². The molecule has 0 heterocycles. The fourth-order valence-electron chi connectivity index (χ4n) is 0.905. The van der Waals surface area contributed by atoms with Crippen molar-refractivity contribution in [2.24, 2.45) is 11.7 Å². The Morgan fingerprint density at radius 2 is 2.18 bits per heavy atom. The molecule has 0 aliphatic heterocycles. The summed E-state index contributed by atoms with van der Waals surface area (Å²) in [6, 6.07) is 0. The molecule has 1 amide bonds. The van der Waals surface area contributed by atoms with Crippen LogP contribution in [0.2, 0.25) is 0 Å². The number of amides is 1. The third-order valence-electron chi connectivity index (χ3n) is 1.48. The van der Waals surface area contributed by atoms with E-state index in [-0.39, 0.29) is 12.2 Å². The minimum Gasteiger partial charge on any atom is -0.369 e. The molecule has 1 atom stereocenters. The molecule has 0 aromatic carbocycles. The van der Waals surface area contributed by atoms with Crippen LogP contribution in [0.4, 0.5) is 0 Å². The van der Waals surface area contributed by atoms with Crippen molar-refractivity contribution in [2.45, 2.75) is 6.42 Å². The average molecular weight is 153 g/mol. The van der Waals surface area contributed by atoms with Crippen molar-refractivity contribution >= 4 is 17.5 Å². The molecule has 4 nitrogen and oxygen atoms in total. The van der Waals surface area contributed by atoms with E-state index < -0.39 is 17.6 Å². The molecular formula is C7H7NO3. The van der Waals surface area contributed by atoms with Crippen LogP contribution in [-0.2, 0) is 14.4 Å². The standard InChI is InChI=1S/C7H7NO3/c8-7(11)5-2-1-4(9)3-6(5)10/h1-2,5H,3H2,(H2,8,11). The van der Waals surface area contributed by atoms with E-state index in [9.17, 15) is 14.4 Å². The van der Waals surface area contributed by atoms with Crippen molar-refractivity contribution in [1.82, 2.24) is 0 Å². The smallest absolute Gasteiger partial charge is 0.231 e. The van der Waals surface area contributed by atoms with E-state index in [4.69, 9.17) is 5.73 Å². The van der Waals surface area contributed by atoms with Crippen molar-refractivity contribution in [1.29, 1.82) is 0 Å². The summed E-state index contributed by atoms with van der Waals surface area (Å²) in [6.07, 6.45) is 2.26. The second-order valence-electron chi connectivity index (χ2n) is 2.35. The molecule has 1 rings (SSSR count). The molecule has 1 unspecified atom stereocenters. The lowest BCUT2D eigenvalue weighted by molar-refractivity contribution is -0.132. The van der Waals surface area contributed by atoms with Crippen molar-refractivity contribution in [3.8, 4) is 0 Å². The first kappa shape index (κ1) is 7.65. The van der Waals surface area contributed by atoms with Crippen LogP contribution in [0.25, 0.3) is 0 Å². The van der Waals surface area contributed by atoms with E-state index in [0.29, 0.717) is 0 Å². The summed E-state index contributed by atoms with van der Waals surface area (Å²) in [7, 11) is 0. The predicted molar refractivity (Wildman–Crippen MR) is 36.5 cm³/mol. The zero-order valence-corrected chi connectivity index (χ0v) is 5.74. The maximum Gasteiger partial charge on any atom is 0.231 e. The van der Waals surface area contributed by atoms with Gasteiger partial charge in [0.2, 0.25) is 5.91 Å². The van der Waals surface area contributed by atoms with Gasteiger partial charge >= 0.3 is 0 Å². The van der Waals surface area contributed by atoms with Gasteiger partial charge in [-0.2, -0.15) is 0 Å². The summed E-state index contributed by atoms with van der Waals surface area (Å²) in [6.45, 7) is 0. The third-order valence-corrected chi connectivity index (χ3v) is 1.48. The van der Waals surface area contributed by atoms with Gasteiger partial charge in [0.1, 0.15) is 5.92 Å². The predicted octanol–water partition coefficient (Wildman–Crippen LogP) is -0.814. The number of rotatable bonds is 1. The van der Waals surface area contributed by atoms with Crippen molar-refractivity contribution in [3.63, 3.8) is 0 Å². The van der Waals surface area contributed by atoms with Crippen LogP contribution in [0.15, 0.2) is 12.2 Å². The van der Waals surface area contributed by atoms with Gasteiger partial charge < -0.3 is 5.73 Å². The normalized spacial score (nSPS) is 23.8. The summed E-state index contributed by atoms with van der Waals surface area (Å²) in [5.41, 5.74) is 4.88. The lowest BCUT2D eigenvalue weighted by Crippen LogP contribution is -2.32. The van der Waals surface area contributed by atoms with Crippen LogP contribution >= 0.6 is 0 Å². The van der Waals surface area contributed by atoms with Gasteiger partial charge in [0.25, 0.3) is 0 Å². The fourth-order valence-corrected chi connectivity index (χ4v) is 0.905. The van der Waals surface area contributed by atoms with Crippen LogP contribution in [0.1, 0.15) is 6.42 Å². The van der Waals surface area contributed by atoms with Gasteiger partial charge in [0, 0.05) is 0 Å². The Morgan fingerprint density at radius 1 is 1.55 bits per heavy atom. The zero-order valence-electron chi connectivity index (χ0n) is 5.74. The van der Waals surface area contributed by atoms with Crippen molar-refractivity contribution in [2.75, 3.05) is 0 Å². The number of primary amides is 1. The first-order chi connectivity index (χ1) is 5.11. The molecule has 0 radical (unpaired) electrons. The number of Topliss-reactive ketones (excluding diaryl/α,β-unsaturated/α-hetero) is 1. The molecule has 0 aromatic rings. The van der Waals surface area contributed by atoms with E-state index in [1.54, 1.807) is 0 Å². The second kappa shape index (κ2) is 2.65. The summed E-state index contributed by atoms with van der Waals surface area (Å²) in [5, 5.41) is 0. The molecule has 0 saturated carbocycles. The van der Waals surface area contributed by atoms with E-state index in [1.165, 1.54) is 12.2 Å².